The number of rotatable bonds is 4. The Morgan fingerprint density at radius 2 is 2.00 bits per heavy atom. The molecule has 2 aliphatic rings. The average Bonchev–Trinajstić information content (AvgIpc) is 3.10. The Bertz CT molecular complexity index is 1860. The minimum atomic E-state index is -4.52. The molecule has 1 amide bonds. The van der Waals surface area contributed by atoms with Crippen molar-refractivity contribution in [2.75, 3.05) is 24.7 Å². The molecular weight excluding hydrogens is 556 g/mol. The summed E-state index contributed by atoms with van der Waals surface area (Å²) >= 11 is 0. The number of halogens is 2. The Balaban J connectivity index is 1.24. The van der Waals surface area contributed by atoms with Crippen LogP contribution in [0.4, 0.5) is 20.4 Å². The Kier molecular flexibility index (Phi) is 6.63. The molecular formula is C28H21F2N5O5S. The first kappa shape index (κ1) is 26.4. The SMILES string of the molecule is C#Cc1ccc2c(n1)N(c1ccc3cnc(CNC(=O)c4cc(F)c5c(c4)S(=O)(=O)[C@@H](F)CCO5)cc3n1)CCO2. The van der Waals surface area contributed by atoms with Crippen molar-refractivity contribution in [2.24, 2.45) is 0 Å². The third-order valence-electron chi connectivity index (χ3n) is 6.64. The molecule has 6 rings (SSSR count). The highest BCUT2D eigenvalue weighted by Gasteiger charge is 2.35. The van der Waals surface area contributed by atoms with E-state index in [4.69, 9.17) is 20.9 Å². The Morgan fingerprint density at radius 3 is 2.83 bits per heavy atom. The smallest absolute Gasteiger partial charge is 0.251 e. The van der Waals surface area contributed by atoms with Gasteiger partial charge in [-0.1, -0.05) is 5.92 Å². The van der Waals surface area contributed by atoms with Gasteiger partial charge < -0.3 is 19.7 Å². The fourth-order valence-corrected chi connectivity index (χ4v) is 5.95. The Labute approximate surface area is 233 Å². The minimum Gasteiger partial charge on any atom is -0.489 e. The minimum absolute atomic E-state index is 0.0676. The first-order valence-electron chi connectivity index (χ1n) is 12.5. The topological polar surface area (TPSA) is 124 Å². The van der Waals surface area contributed by atoms with Crippen LogP contribution in [0.15, 0.2) is 53.6 Å². The molecule has 0 radical (unpaired) electrons. The monoisotopic (exact) mass is 577 g/mol. The van der Waals surface area contributed by atoms with Crippen LogP contribution < -0.4 is 19.7 Å². The van der Waals surface area contributed by atoms with E-state index in [1.54, 1.807) is 24.4 Å². The number of terminal acetylenes is 1. The standard InChI is InChI=1S/C28H21F2N5O5S/c1-2-18-4-5-22-27(33-18)35(8-10-39-22)25-6-3-16-14-31-19(13-21(16)34-25)15-32-28(36)17-11-20(29)26-23(12-17)41(37,38)24(30)7-9-40-26/h1,3-6,11-14,24H,7-10,15H2,(H,32,36)/t24-/m1/s1. The van der Waals surface area contributed by atoms with E-state index in [9.17, 15) is 22.0 Å². The van der Waals surface area contributed by atoms with Gasteiger partial charge in [0.25, 0.3) is 5.91 Å². The van der Waals surface area contributed by atoms with Crippen LogP contribution in [0.3, 0.4) is 0 Å². The summed E-state index contributed by atoms with van der Waals surface area (Å²) in [6, 6.07) is 10.6. The number of sulfone groups is 1. The molecule has 3 aromatic heterocycles. The van der Waals surface area contributed by atoms with Crippen molar-refractivity contribution < 1.29 is 31.5 Å². The zero-order valence-electron chi connectivity index (χ0n) is 21.3. The number of fused-ring (bicyclic) bond motifs is 3. The van der Waals surface area contributed by atoms with Crippen molar-refractivity contribution in [3.05, 3.63) is 71.4 Å². The molecule has 0 unspecified atom stereocenters. The van der Waals surface area contributed by atoms with Crippen LogP contribution >= 0.6 is 0 Å². The van der Waals surface area contributed by atoms with Gasteiger partial charge in [0.15, 0.2) is 23.1 Å². The summed E-state index contributed by atoms with van der Waals surface area (Å²) < 4.78 is 64.7. The molecule has 13 heteroatoms. The maximum Gasteiger partial charge on any atom is 0.251 e. The molecule has 41 heavy (non-hydrogen) atoms. The fraction of sp³-hybridized carbons (Fsp3) is 0.214. The highest BCUT2D eigenvalue weighted by Crippen LogP contribution is 2.36. The summed E-state index contributed by atoms with van der Waals surface area (Å²) in [5.41, 5.74) is -1.06. The van der Waals surface area contributed by atoms with Crippen LogP contribution in [0.1, 0.15) is 28.2 Å². The summed E-state index contributed by atoms with van der Waals surface area (Å²) in [4.78, 5) is 27.6. The molecule has 10 nitrogen and oxygen atoms in total. The van der Waals surface area contributed by atoms with E-state index in [-0.39, 0.29) is 18.7 Å². The molecule has 0 saturated carbocycles. The predicted octanol–water partition coefficient (Wildman–Crippen LogP) is 3.46. The number of hydrogen-bond acceptors (Lipinski definition) is 9. The molecule has 208 valence electrons. The van der Waals surface area contributed by atoms with Gasteiger partial charge in [-0.2, -0.15) is 0 Å². The number of alkyl halides is 1. The van der Waals surface area contributed by atoms with Crippen molar-refractivity contribution in [2.45, 2.75) is 23.4 Å². The highest BCUT2D eigenvalue weighted by molar-refractivity contribution is 7.92. The van der Waals surface area contributed by atoms with E-state index < -0.39 is 44.1 Å². The number of amides is 1. The molecule has 0 saturated heterocycles. The number of anilines is 2. The molecule has 1 atom stereocenters. The number of aromatic nitrogens is 3. The molecule has 4 aromatic rings. The van der Waals surface area contributed by atoms with Gasteiger partial charge in [0.1, 0.15) is 23.0 Å². The second-order valence-electron chi connectivity index (χ2n) is 9.26. The molecule has 0 aliphatic carbocycles. The van der Waals surface area contributed by atoms with E-state index in [0.29, 0.717) is 47.4 Å². The average molecular weight is 578 g/mol. The van der Waals surface area contributed by atoms with E-state index in [1.165, 1.54) is 0 Å². The van der Waals surface area contributed by atoms with Crippen molar-refractivity contribution in [3.63, 3.8) is 0 Å². The van der Waals surface area contributed by atoms with E-state index in [1.807, 2.05) is 17.0 Å². The molecule has 5 heterocycles. The number of nitrogens with zero attached hydrogens (tertiary/aromatic N) is 4. The maximum atomic E-state index is 14.7. The zero-order chi connectivity index (χ0) is 28.7. The molecule has 2 aliphatic heterocycles. The first-order chi connectivity index (χ1) is 19.7. The van der Waals surface area contributed by atoms with Crippen LogP contribution in [-0.4, -0.2) is 54.5 Å². The van der Waals surface area contributed by atoms with E-state index >= 15 is 0 Å². The van der Waals surface area contributed by atoms with Crippen molar-refractivity contribution >= 4 is 38.3 Å². The number of benzene rings is 1. The number of hydrogen-bond donors (Lipinski definition) is 1. The van der Waals surface area contributed by atoms with Gasteiger partial charge in [0.2, 0.25) is 15.3 Å². The highest BCUT2D eigenvalue weighted by atomic mass is 32.2. The quantitative estimate of drug-likeness (QED) is 0.363. The second kappa shape index (κ2) is 10.3. The lowest BCUT2D eigenvalue weighted by Crippen LogP contribution is -2.30. The number of ether oxygens (including phenoxy) is 2. The Hall–Kier alpha value is -4.83. The largest absolute Gasteiger partial charge is 0.489 e. The predicted molar refractivity (Wildman–Crippen MR) is 144 cm³/mol. The van der Waals surface area contributed by atoms with Crippen LogP contribution in [0.25, 0.3) is 10.9 Å². The third kappa shape index (κ3) is 4.87. The number of nitrogens with one attached hydrogen (secondary N) is 1. The van der Waals surface area contributed by atoms with Crippen molar-refractivity contribution in [3.8, 4) is 23.8 Å². The number of pyridine rings is 3. The van der Waals surface area contributed by atoms with Crippen LogP contribution in [-0.2, 0) is 16.4 Å². The number of carbonyl (C=O) groups is 1. The summed E-state index contributed by atoms with van der Waals surface area (Å²) in [6.07, 6.45) is 6.67. The van der Waals surface area contributed by atoms with Crippen molar-refractivity contribution in [1.82, 2.24) is 20.3 Å². The molecule has 0 spiro atoms. The Morgan fingerprint density at radius 1 is 1.15 bits per heavy atom. The summed E-state index contributed by atoms with van der Waals surface area (Å²) in [6.45, 7) is 0.559. The molecule has 1 aromatic carbocycles. The lowest BCUT2D eigenvalue weighted by atomic mass is 10.2. The van der Waals surface area contributed by atoms with Gasteiger partial charge in [0.05, 0.1) is 30.9 Å². The van der Waals surface area contributed by atoms with Crippen molar-refractivity contribution in [1.29, 1.82) is 0 Å². The molecule has 1 N–H and O–H groups in total. The van der Waals surface area contributed by atoms with Crippen LogP contribution in [0.2, 0.25) is 0 Å². The van der Waals surface area contributed by atoms with Crippen LogP contribution in [0, 0.1) is 18.2 Å². The second-order valence-corrected chi connectivity index (χ2v) is 11.3. The molecule has 0 fully saturated rings. The van der Waals surface area contributed by atoms with Gasteiger partial charge in [-0.3, -0.25) is 9.78 Å². The summed E-state index contributed by atoms with van der Waals surface area (Å²) in [7, 11) is -4.52. The lowest BCUT2D eigenvalue weighted by molar-refractivity contribution is 0.0949. The van der Waals surface area contributed by atoms with Gasteiger partial charge in [-0.15, -0.1) is 6.42 Å². The number of carbonyl (C=O) groups excluding carboxylic acids is 1. The van der Waals surface area contributed by atoms with Gasteiger partial charge in [-0.25, -0.2) is 27.2 Å². The maximum absolute atomic E-state index is 14.7. The van der Waals surface area contributed by atoms with Gasteiger partial charge in [-0.05, 0) is 42.5 Å². The summed E-state index contributed by atoms with van der Waals surface area (Å²) in [5.74, 6) is 1.84. The van der Waals surface area contributed by atoms with E-state index in [0.717, 1.165) is 17.5 Å². The zero-order valence-corrected chi connectivity index (χ0v) is 22.1. The van der Waals surface area contributed by atoms with Gasteiger partial charge in [0, 0.05) is 23.6 Å². The lowest BCUT2D eigenvalue weighted by Gasteiger charge is -2.29. The van der Waals surface area contributed by atoms with Crippen LogP contribution in [0.5, 0.6) is 11.5 Å². The fourth-order valence-electron chi connectivity index (χ4n) is 4.56. The van der Waals surface area contributed by atoms with Gasteiger partial charge >= 0.3 is 0 Å². The molecule has 0 bridgehead atoms. The normalized spacial score (nSPS) is 17.3. The summed E-state index contributed by atoms with van der Waals surface area (Å²) in [5, 5.41) is 3.34. The first-order valence-corrected chi connectivity index (χ1v) is 14.1. The van der Waals surface area contributed by atoms with E-state index in [2.05, 4.69) is 21.2 Å². The third-order valence-corrected chi connectivity index (χ3v) is 8.47.